The fourth-order valence-corrected chi connectivity index (χ4v) is 4.29. The normalized spacial score (nSPS) is 10.9. The molecule has 0 bridgehead atoms. The fraction of sp³-hybridized carbons (Fsp3) is 0.222. The third-order valence-electron chi connectivity index (χ3n) is 6.17. The Morgan fingerprint density at radius 1 is 0.972 bits per heavy atom. The van der Waals surface area contributed by atoms with Crippen LogP contribution in [-0.2, 0) is 19.6 Å². The number of aryl methyl sites for hydroxylation is 1. The molecule has 0 aliphatic rings. The first-order chi connectivity index (χ1) is 17.2. The van der Waals surface area contributed by atoms with Crippen LogP contribution in [0.15, 0.2) is 71.5 Å². The number of hydrogen-bond acceptors (Lipinski definition) is 6. The van der Waals surface area contributed by atoms with Gasteiger partial charge in [0.25, 0.3) is 5.56 Å². The SMILES string of the molecule is CCCCc1nc2ccc(CO)cc2c(=O)n1Cc1ccc(-c2ccccc2-c2nnn[nH]2)cc1.[NaH]. The number of H-pyrrole nitrogens is 1. The van der Waals surface area contributed by atoms with E-state index in [1.54, 1.807) is 10.6 Å². The third kappa shape index (κ3) is 5.32. The molecule has 0 fully saturated rings. The molecular weight excluding hydrogens is 463 g/mol. The minimum atomic E-state index is -0.111. The number of aromatic nitrogens is 6. The van der Waals surface area contributed by atoms with Crippen molar-refractivity contribution in [1.82, 2.24) is 30.2 Å². The van der Waals surface area contributed by atoms with Gasteiger partial charge in [0, 0.05) is 12.0 Å². The van der Waals surface area contributed by atoms with E-state index in [1.807, 2.05) is 60.7 Å². The Morgan fingerprint density at radius 2 is 1.72 bits per heavy atom. The monoisotopic (exact) mass is 490 g/mol. The Balaban J connectivity index is 0.00000304. The molecule has 3 aromatic carbocycles. The fourth-order valence-electron chi connectivity index (χ4n) is 4.29. The predicted octanol–water partition coefficient (Wildman–Crippen LogP) is 3.48. The second-order valence-electron chi connectivity index (χ2n) is 8.52. The van der Waals surface area contributed by atoms with Crippen LogP contribution in [0.5, 0.6) is 0 Å². The molecular formula is C27H27N6NaO2. The molecule has 0 amide bonds. The molecule has 5 aromatic rings. The summed E-state index contributed by atoms with van der Waals surface area (Å²) in [5, 5.41) is 24.3. The van der Waals surface area contributed by atoms with E-state index in [0.29, 0.717) is 28.8 Å². The Morgan fingerprint density at radius 3 is 2.42 bits per heavy atom. The number of fused-ring (bicyclic) bond motifs is 1. The number of nitrogens with one attached hydrogen (secondary N) is 1. The number of aliphatic hydroxyl groups excluding tert-OH is 1. The van der Waals surface area contributed by atoms with Gasteiger partial charge in [0.15, 0.2) is 5.82 Å². The number of aliphatic hydroxyl groups is 1. The van der Waals surface area contributed by atoms with Crippen LogP contribution in [-0.4, -0.2) is 64.8 Å². The molecule has 0 spiro atoms. The van der Waals surface area contributed by atoms with Crippen LogP contribution in [0.4, 0.5) is 0 Å². The first-order valence-electron chi connectivity index (χ1n) is 11.7. The molecule has 0 radical (unpaired) electrons. The number of rotatable bonds is 8. The van der Waals surface area contributed by atoms with Gasteiger partial charge >= 0.3 is 29.6 Å². The van der Waals surface area contributed by atoms with Gasteiger partial charge in [-0.05, 0) is 51.2 Å². The summed E-state index contributed by atoms with van der Waals surface area (Å²) in [6, 6.07) is 21.5. The van der Waals surface area contributed by atoms with Crippen LogP contribution in [0.25, 0.3) is 33.4 Å². The quantitative estimate of drug-likeness (QED) is 0.322. The van der Waals surface area contributed by atoms with Crippen molar-refractivity contribution in [2.45, 2.75) is 39.3 Å². The van der Waals surface area contributed by atoms with Crippen molar-refractivity contribution in [3.63, 3.8) is 0 Å². The molecule has 9 heteroatoms. The van der Waals surface area contributed by atoms with Crippen molar-refractivity contribution in [3.8, 4) is 22.5 Å². The number of hydrogen-bond donors (Lipinski definition) is 2. The van der Waals surface area contributed by atoms with Crippen molar-refractivity contribution in [1.29, 1.82) is 0 Å². The van der Waals surface area contributed by atoms with Crippen LogP contribution < -0.4 is 5.56 Å². The first-order valence-corrected chi connectivity index (χ1v) is 11.7. The van der Waals surface area contributed by atoms with E-state index in [0.717, 1.165) is 47.3 Å². The second-order valence-corrected chi connectivity index (χ2v) is 8.52. The summed E-state index contributed by atoms with van der Waals surface area (Å²) in [4.78, 5) is 18.3. The van der Waals surface area contributed by atoms with Crippen molar-refractivity contribution >= 4 is 40.5 Å². The van der Waals surface area contributed by atoms with Gasteiger partial charge < -0.3 is 5.11 Å². The van der Waals surface area contributed by atoms with Crippen LogP contribution in [0, 0.1) is 0 Å². The van der Waals surface area contributed by atoms with E-state index in [9.17, 15) is 9.90 Å². The van der Waals surface area contributed by atoms with E-state index >= 15 is 0 Å². The average Bonchev–Trinajstić information content (AvgIpc) is 3.44. The summed E-state index contributed by atoms with van der Waals surface area (Å²) in [6.07, 6.45) is 2.71. The van der Waals surface area contributed by atoms with E-state index in [4.69, 9.17) is 4.98 Å². The zero-order valence-electron chi connectivity index (χ0n) is 19.5. The molecule has 36 heavy (non-hydrogen) atoms. The summed E-state index contributed by atoms with van der Waals surface area (Å²) in [5.41, 5.74) is 5.26. The molecule has 178 valence electrons. The van der Waals surface area contributed by atoms with Gasteiger partial charge in [-0.3, -0.25) is 9.36 Å². The molecule has 2 aromatic heterocycles. The van der Waals surface area contributed by atoms with Gasteiger partial charge in [-0.25, -0.2) is 10.1 Å². The predicted molar refractivity (Wildman–Crippen MR) is 142 cm³/mol. The molecule has 0 saturated heterocycles. The Labute approximate surface area is 230 Å². The van der Waals surface area contributed by atoms with Crippen LogP contribution >= 0.6 is 0 Å². The number of benzene rings is 3. The van der Waals surface area contributed by atoms with E-state index < -0.39 is 0 Å². The zero-order valence-corrected chi connectivity index (χ0v) is 19.5. The topological polar surface area (TPSA) is 110 Å². The molecule has 0 atom stereocenters. The number of aromatic amines is 1. The summed E-state index contributed by atoms with van der Waals surface area (Å²) in [7, 11) is 0. The Hall–Kier alpha value is -3.17. The summed E-state index contributed by atoms with van der Waals surface area (Å²) < 4.78 is 1.77. The zero-order chi connectivity index (χ0) is 24.2. The molecule has 0 aliphatic carbocycles. The molecule has 0 saturated carbocycles. The van der Waals surface area contributed by atoms with E-state index in [1.165, 1.54) is 0 Å². The van der Waals surface area contributed by atoms with Crippen LogP contribution in [0.3, 0.4) is 0 Å². The number of unbranched alkanes of at least 4 members (excludes halogenated alkanes) is 1. The molecule has 2 N–H and O–H groups in total. The number of tetrazole rings is 1. The van der Waals surface area contributed by atoms with Gasteiger partial charge in [0.05, 0.1) is 24.1 Å². The maximum atomic E-state index is 13.5. The molecule has 0 aliphatic heterocycles. The van der Waals surface area contributed by atoms with Gasteiger partial charge in [-0.2, -0.15) is 0 Å². The van der Waals surface area contributed by atoms with Gasteiger partial charge in [-0.15, -0.1) is 5.10 Å². The first kappa shape index (κ1) is 25.9. The van der Waals surface area contributed by atoms with Gasteiger partial charge in [0.2, 0.25) is 0 Å². The molecule has 5 rings (SSSR count). The van der Waals surface area contributed by atoms with Crippen LogP contribution in [0.2, 0.25) is 0 Å². The summed E-state index contributed by atoms with van der Waals surface area (Å²) in [6.45, 7) is 2.45. The van der Waals surface area contributed by atoms with Crippen molar-refractivity contribution in [3.05, 3.63) is 94.0 Å². The Kier molecular flexibility index (Phi) is 8.43. The van der Waals surface area contributed by atoms with E-state index in [2.05, 4.69) is 27.5 Å². The van der Waals surface area contributed by atoms with Crippen molar-refractivity contribution < 1.29 is 5.11 Å². The van der Waals surface area contributed by atoms with Gasteiger partial charge in [-0.1, -0.05) is 67.9 Å². The van der Waals surface area contributed by atoms with Gasteiger partial charge in [0.1, 0.15) is 5.82 Å². The molecule has 2 heterocycles. The third-order valence-corrected chi connectivity index (χ3v) is 6.17. The summed E-state index contributed by atoms with van der Waals surface area (Å²) in [5.74, 6) is 1.40. The maximum absolute atomic E-state index is 13.5. The molecule has 0 unspecified atom stereocenters. The Bertz CT molecular complexity index is 1510. The second kappa shape index (κ2) is 11.7. The standard InChI is InChI=1S/C27H26N6O2.Na.H/c1-2-3-8-25-28-24-14-11-19(17-34)15-23(24)27(35)33(25)16-18-9-12-20(13-10-18)21-6-4-5-7-22(21)26-29-31-32-30-26;;/h4-7,9-15,34H,2-3,8,16-17H2,1H3,(H,29,30,31,32);;. The van der Waals surface area contributed by atoms with Crippen molar-refractivity contribution in [2.24, 2.45) is 0 Å². The average molecular weight is 491 g/mol. The minimum absolute atomic E-state index is 0. The summed E-state index contributed by atoms with van der Waals surface area (Å²) >= 11 is 0. The molecule has 8 nitrogen and oxygen atoms in total. The van der Waals surface area contributed by atoms with Crippen molar-refractivity contribution in [2.75, 3.05) is 0 Å². The number of nitrogens with zero attached hydrogens (tertiary/aromatic N) is 5. The van der Waals surface area contributed by atoms with Crippen LogP contribution in [0.1, 0.15) is 36.7 Å². The van der Waals surface area contributed by atoms with E-state index in [-0.39, 0.29) is 41.7 Å².